The summed E-state index contributed by atoms with van der Waals surface area (Å²) in [7, 11) is 0. The van der Waals surface area contributed by atoms with E-state index in [-0.39, 0.29) is 0 Å². The average Bonchev–Trinajstić information content (AvgIpc) is 3.28. The predicted octanol–water partition coefficient (Wildman–Crippen LogP) is 6.08. The fourth-order valence-corrected chi connectivity index (χ4v) is 6.37. The lowest BCUT2D eigenvalue weighted by molar-refractivity contribution is -0.667. The second kappa shape index (κ2) is 12.6. The van der Waals surface area contributed by atoms with Gasteiger partial charge in [0.15, 0.2) is 6.20 Å². The molecule has 0 radical (unpaired) electrons. The number of hydrogen-bond donors (Lipinski definition) is 1. The molecule has 0 atom stereocenters. The molecule has 2 aromatic carbocycles. The van der Waals surface area contributed by atoms with Gasteiger partial charge >= 0.3 is 0 Å². The maximum Gasteiger partial charge on any atom is 0.213 e. The molecule has 5 heteroatoms. The summed E-state index contributed by atoms with van der Waals surface area (Å²) in [4.78, 5) is 6.49. The standard InChI is InChI=1S/C31H39N4S/c1-2-34-23-18-26(27-13-5-6-14-28(27)34)12-11-17-31-35(29-15-7-8-16-30(29)36-31)22-10-4-3-9-21-33-24-19-32-20-25-33/h5-8,11-18,23,32H,2-4,9-10,19-22,24-25H2,1H3/q+1. The SMILES string of the molecule is CC[n+]1ccc(/C=C/C=C2\Sc3ccccc3N2CCCCCCN2CCNCC2)c2ccccc21. The van der Waals surface area contributed by atoms with Gasteiger partial charge in [-0.05, 0) is 56.1 Å². The Bertz CT molecular complexity index is 1210. The smallest absolute Gasteiger partial charge is 0.213 e. The van der Waals surface area contributed by atoms with Gasteiger partial charge in [-0.25, -0.2) is 0 Å². The van der Waals surface area contributed by atoms with Crippen LogP contribution < -0.4 is 14.8 Å². The van der Waals surface area contributed by atoms with Crippen LogP contribution in [0.3, 0.4) is 0 Å². The summed E-state index contributed by atoms with van der Waals surface area (Å²) in [6.45, 7) is 10.2. The molecule has 0 bridgehead atoms. The van der Waals surface area contributed by atoms with Gasteiger partial charge in [0.2, 0.25) is 5.52 Å². The molecule has 5 rings (SSSR count). The van der Waals surface area contributed by atoms with E-state index in [1.807, 2.05) is 11.8 Å². The number of aryl methyl sites for hydroxylation is 1. The van der Waals surface area contributed by atoms with E-state index in [2.05, 4.69) is 106 Å². The van der Waals surface area contributed by atoms with Crippen LogP contribution in [0.2, 0.25) is 0 Å². The molecule has 1 fully saturated rings. The van der Waals surface area contributed by atoms with Crippen LogP contribution in [0.4, 0.5) is 5.69 Å². The van der Waals surface area contributed by atoms with Gasteiger partial charge in [0.1, 0.15) is 6.54 Å². The number of piperazine rings is 1. The Morgan fingerprint density at radius 1 is 0.917 bits per heavy atom. The Morgan fingerprint density at radius 2 is 1.69 bits per heavy atom. The van der Waals surface area contributed by atoms with Crippen molar-refractivity contribution >= 4 is 34.4 Å². The number of allylic oxidation sites excluding steroid dienone is 2. The first-order chi connectivity index (χ1) is 17.8. The summed E-state index contributed by atoms with van der Waals surface area (Å²) in [6, 6.07) is 19.8. The van der Waals surface area contributed by atoms with Gasteiger partial charge in [-0.1, -0.05) is 61.0 Å². The minimum Gasteiger partial charge on any atom is -0.335 e. The molecule has 0 aliphatic carbocycles. The fourth-order valence-electron chi connectivity index (χ4n) is 5.26. The molecule has 2 aliphatic heterocycles. The van der Waals surface area contributed by atoms with Crippen LogP contribution in [0, 0.1) is 0 Å². The summed E-state index contributed by atoms with van der Waals surface area (Å²) < 4.78 is 2.31. The number of pyridine rings is 1. The molecule has 1 aromatic heterocycles. The number of aromatic nitrogens is 1. The lowest BCUT2D eigenvalue weighted by Gasteiger charge is -2.27. The van der Waals surface area contributed by atoms with Crippen LogP contribution in [-0.4, -0.2) is 44.2 Å². The summed E-state index contributed by atoms with van der Waals surface area (Å²) in [5.41, 5.74) is 3.91. The average molecular weight is 500 g/mol. The largest absolute Gasteiger partial charge is 0.335 e. The van der Waals surface area contributed by atoms with Crippen molar-refractivity contribution in [3.8, 4) is 0 Å². The summed E-state index contributed by atoms with van der Waals surface area (Å²) in [5.74, 6) is 0. The summed E-state index contributed by atoms with van der Waals surface area (Å²) in [6.07, 6.45) is 14.2. The number of rotatable bonds is 10. The minimum absolute atomic E-state index is 0.980. The minimum atomic E-state index is 0.980. The zero-order chi connectivity index (χ0) is 24.6. The number of thioether (sulfide) groups is 1. The fraction of sp³-hybridized carbons (Fsp3) is 0.387. The van der Waals surface area contributed by atoms with Crippen molar-refractivity contribution in [1.29, 1.82) is 0 Å². The van der Waals surface area contributed by atoms with Gasteiger partial charge in [0.05, 0.1) is 16.1 Å². The Labute approximate surface area is 220 Å². The molecule has 0 spiro atoms. The Kier molecular flexibility index (Phi) is 8.76. The molecule has 2 aliphatic rings. The highest BCUT2D eigenvalue weighted by Gasteiger charge is 2.23. The highest BCUT2D eigenvalue weighted by Crippen LogP contribution is 2.45. The molecule has 1 N–H and O–H groups in total. The van der Waals surface area contributed by atoms with Gasteiger partial charge in [-0.2, -0.15) is 4.57 Å². The van der Waals surface area contributed by atoms with E-state index in [1.165, 1.54) is 77.4 Å². The topological polar surface area (TPSA) is 22.4 Å². The van der Waals surface area contributed by atoms with Gasteiger partial charge in [0.25, 0.3) is 0 Å². The van der Waals surface area contributed by atoms with E-state index in [9.17, 15) is 0 Å². The van der Waals surface area contributed by atoms with Crippen LogP contribution in [0.5, 0.6) is 0 Å². The zero-order valence-electron chi connectivity index (χ0n) is 21.5. The molecule has 1 saturated heterocycles. The number of nitrogens with zero attached hydrogens (tertiary/aromatic N) is 3. The van der Waals surface area contributed by atoms with Crippen LogP contribution in [0.15, 0.2) is 82.9 Å². The number of para-hydroxylation sites is 2. The van der Waals surface area contributed by atoms with Crippen molar-refractivity contribution in [2.45, 2.75) is 44.0 Å². The second-order valence-corrected chi connectivity index (χ2v) is 10.7. The highest BCUT2D eigenvalue weighted by atomic mass is 32.2. The number of nitrogens with one attached hydrogen (secondary N) is 1. The molecule has 0 saturated carbocycles. The first kappa shape index (κ1) is 25.1. The Balaban J connectivity index is 1.22. The third-order valence-electron chi connectivity index (χ3n) is 7.27. The van der Waals surface area contributed by atoms with E-state index >= 15 is 0 Å². The lowest BCUT2D eigenvalue weighted by atomic mass is 10.1. The van der Waals surface area contributed by atoms with E-state index in [4.69, 9.17) is 0 Å². The van der Waals surface area contributed by atoms with Crippen molar-refractivity contribution in [1.82, 2.24) is 10.2 Å². The van der Waals surface area contributed by atoms with E-state index in [0.717, 1.165) is 26.2 Å². The quantitative estimate of drug-likeness (QED) is 0.270. The van der Waals surface area contributed by atoms with Gasteiger partial charge in [-0.3, -0.25) is 0 Å². The van der Waals surface area contributed by atoms with Crippen LogP contribution >= 0.6 is 11.8 Å². The van der Waals surface area contributed by atoms with E-state index in [0.29, 0.717) is 0 Å². The monoisotopic (exact) mass is 499 g/mol. The Morgan fingerprint density at radius 3 is 2.56 bits per heavy atom. The van der Waals surface area contributed by atoms with Crippen LogP contribution in [0.25, 0.3) is 17.0 Å². The molecular formula is C31H39N4S+. The second-order valence-electron chi connectivity index (χ2n) is 9.67. The van der Waals surface area contributed by atoms with Crippen LogP contribution in [0.1, 0.15) is 38.2 Å². The normalized spacial score (nSPS) is 17.5. The van der Waals surface area contributed by atoms with Gasteiger partial charge in [-0.15, -0.1) is 0 Å². The molecule has 188 valence electrons. The van der Waals surface area contributed by atoms with E-state index < -0.39 is 0 Å². The van der Waals surface area contributed by atoms with Crippen molar-refractivity contribution in [3.63, 3.8) is 0 Å². The molecule has 3 heterocycles. The van der Waals surface area contributed by atoms with Crippen molar-refractivity contribution < 1.29 is 4.57 Å². The van der Waals surface area contributed by atoms with E-state index in [1.54, 1.807) is 0 Å². The molecule has 0 unspecified atom stereocenters. The van der Waals surface area contributed by atoms with Crippen LogP contribution in [-0.2, 0) is 6.54 Å². The van der Waals surface area contributed by atoms with Gasteiger partial charge in [0, 0.05) is 49.8 Å². The molecule has 3 aromatic rings. The number of anilines is 1. The number of hydrogen-bond acceptors (Lipinski definition) is 4. The van der Waals surface area contributed by atoms with Crippen molar-refractivity contribution in [2.24, 2.45) is 0 Å². The third kappa shape index (κ3) is 6.03. The third-order valence-corrected chi connectivity index (χ3v) is 8.40. The number of unbranched alkanes of at least 4 members (excludes halogenated alkanes) is 3. The van der Waals surface area contributed by atoms with Gasteiger partial charge < -0.3 is 15.1 Å². The maximum absolute atomic E-state index is 3.44. The molecule has 0 amide bonds. The Hall–Kier alpha value is -2.60. The summed E-state index contributed by atoms with van der Waals surface area (Å²) in [5, 5.41) is 6.08. The number of fused-ring (bicyclic) bond motifs is 2. The predicted molar refractivity (Wildman–Crippen MR) is 154 cm³/mol. The van der Waals surface area contributed by atoms with Crippen molar-refractivity contribution in [2.75, 3.05) is 44.2 Å². The molecular weight excluding hydrogens is 460 g/mol. The first-order valence-electron chi connectivity index (χ1n) is 13.6. The molecule has 36 heavy (non-hydrogen) atoms. The zero-order valence-corrected chi connectivity index (χ0v) is 22.4. The number of benzene rings is 2. The first-order valence-corrected chi connectivity index (χ1v) is 14.4. The summed E-state index contributed by atoms with van der Waals surface area (Å²) >= 11 is 1.90. The van der Waals surface area contributed by atoms with Crippen molar-refractivity contribution in [3.05, 3.63) is 83.5 Å². The molecule has 4 nitrogen and oxygen atoms in total. The maximum atomic E-state index is 3.44. The lowest BCUT2D eigenvalue weighted by Crippen LogP contribution is -2.43. The highest BCUT2D eigenvalue weighted by molar-refractivity contribution is 8.03.